The highest BCUT2D eigenvalue weighted by Crippen LogP contribution is 2.25. The minimum Gasteiger partial charge on any atom is -0.357 e. The molecule has 0 saturated carbocycles. The summed E-state index contributed by atoms with van der Waals surface area (Å²) in [7, 11) is 0. The molecule has 1 aromatic heterocycles. The van der Waals surface area contributed by atoms with Crippen LogP contribution in [0.5, 0.6) is 0 Å². The van der Waals surface area contributed by atoms with Gasteiger partial charge in [0.25, 0.3) is 0 Å². The van der Waals surface area contributed by atoms with Crippen LogP contribution in [0.2, 0.25) is 0 Å². The van der Waals surface area contributed by atoms with Gasteiger partial charge >= 0.3 is 0 Å². The van der Waals surface area contributed by atoms with Crippen LogP contribution in [0.3, 0.4) is 0 Å². The van der Waals surface area contributed by atoms with Crippen LogP contribution in [0.25, 0.3) is 0 Å². The molecule has 1 aliphatic heterocycles. The van der Waals surface area contributed by atoms with Crippen LogP contribution in [0, 0.1) is 0 Å². The molecule has 1 aromatic carbocycles. The monoisotopic (exact) mass is 288 g/mol. The van der Waals surface area contributed by atoms with Gasteiger partial charge in [0.2, 0.25) is 0 Å². The molecule has 1 fully saturated rings. The summed E-state index contributed by atoms with van der Waals surface area (Å²) < 4.78 is 0. The number of nitrogens with one attached hydrogen (secondary N) is 1. The Labute approximate surface area is 122 Å². The van der Waals surface area contributed by atoms with Crippen molar-refractivity contribution in [3.63, 3.8) is 0 Å². The van der Waals surface area contributed by atoms with E-state index in [1.165, 1.54) is 11.1 Å². The lowest BCUT2D eigenvalue weighted by Crippen LogP contribution is -2.19. The van der Waals surface area contributed by atoms with E-state index >= 15 is 0 Å². The Hall–Kier alpha value is -1.26. The summed E-state index contributed by atoms with van der Waals surface area (Å²) in [5, 5.41) is 8.91. The zero-order chi connectivity index (χ0) is 12.9. The first-order chi connectivity index (χ1) is 9.42. The fourth-order valence-electron chi connectivity index (χ4n) is 2.07. The summed E-state index contributed by atoms with van der Waals surface area (Å²) in [6.07, 6.45) is 1.03. The Morgan fingerprint density at radius 3 is 2.89 bits per heavy atom. The van der Waals surface area contributed by atoms with Crippen molar-refractivity contribution >= 4 is 28.3 Å². The lowest BCUT2D eigenvalue weighted by Gasteiger charge is -2.09. The molecule has 3 rings (SSSR count). The molecular weight excluding hydrogens is 272 g/mol. The average Bonchev–Trinajstić information content (AvgIpc) is 3.11. The summed E-state index contributed by atoms with van der Waals surface area (Å²) >= 11 is 3.57. The predicted molar refractivity (Wildman–Crippen MR) is 85.1 cm³/mol. The lowest BCUT2D eigenvalue weighted by molar-refractivity contribution is 0.748. The minimum absolute atomic E-state index is 0.408. The van der Waals surface area contributed by atoms with Crippen LogP contribution in [0.1, 0.15) is 17.2 Å². The van der Waals surface area contributed by atoms with Crippen LogP contribution in [-0.4, -0.2) is 17.5 Å². The third-order valence-electron chi connectivity index (χ3n) is 3.12. The highest BCUT2D eigenvalue weighted by molar-refractivity contribution is 8.14. The van der Waals surface area contributed by atoms with E-state index in [1.54, 1.807) is 11.3 Å². The summed E-state index contributed by atoms with van der Waals surface area (Å²) in [5.74, 6) is 1.07. The molecule has 0 bridgehead atoms. The van der Waals surface area contributed by atoms with Gasteiger partial charge in [0.1, 0.15) is 0 Å². The first-order valence-electron chi connectivity index (χ1n) is 6.41. The maximum atomic E-state index is 4.65. The molecular formula is C15H16N2S2. The molecule has 19 heavy (non-hydrogen) atoms. The van der Waals surface area contributed by atoms with Crippen molar-refractivity contribution < 1.29 is 0 Å². The molecule has 1 atom stereocenters. The highest BCUT2D eigenvalue weighted by atomic mass is 32.2. The quantitative estimate of drug-likeness (QED) is 0.927. The van der Waals surface area contributed by atoms with Gasteiger partial charge in [-0.25, -0.2) is 0 Å². The number of thioether (sulfide) groups is 1. The number of aliphatic imine (C=N–C) groups is 1. The normalized spacial score (nSPS) is 20.6. The second-order valence-corrected chi connectivity index (χ2v) is 6.28. The van der Waals surface area contributed by atoms with Crippen molar-refractivity contribution in [2.75, 3.05) is 12.3 Å². The van der Waals surface area contributed by atoms with Crippen molar-refractivity contribution in [3.8, 4) is 0 Å². The predicted octanol–water partition coefficient (Wildman–Crippen LogP) is 3.72. The summed E-state index contributed by atoms with van der Waals surface area (Å²) in [5.41, 5.74) is 2.73. The zero-order valence-electron chi connectivity index (χ0n) is 10.6. The maximum absolute atomic E-state index is 4.65. The van der Waals surface area contributed by atoms with Crippen LogP contribution in [-0.2, 0) is 6.42 Å². The van der Waals surface area contributed by atoms with E-state index < -0.39 is 0 Å². The summed E-state index contributed by atoms with van der Waals surface area (Å²) in [6.45, 7) is 0.869. The van der Waals surface area contributed by atoms with Gasteiger partial charge < -0.3 is 5.32 Å². The van der Waals surface area contributed by atoms with Gasteiger partial charge in [-0.2, -0.15) is 11.3 Å². The van der Waals surface area contributed by atoms with E-state index in [2.05, 4.69) is 57.5 Å². The number of amidine groups is 1. The molecule has 4 heteroatoms. The third-order valence-corrected chi connectivity index (χ3v) is 4.87. The molecule has 1 aliphatic rings. The number of hydrogen-bond acceptors (Lipinski definition) is 3. The minimum atomic E-state index is 0.408. The largest absolute Gasteiger partial charge is 0.357 e. The summed E-state index contributed by atoms with van der Waals surface area (Å²) in [4.78, 5) is 4.65. The Morgan fingerprint density at radius 1 is 1.21 bits per heavy atom. The second kappa shape index (κ2) is 6.26. The van der Waals surface area contributed by atoms with E-state index in [0.717, 1.165) is 23.9 Å². The second-order valence-electron chi connectivity index (χ2n) is 4.49. The van der Waals surface area contributed by atoms with Crippen molar-refractivity contribution in [2.45, 2.75) is 12.5 Å². The van der Waals surface area contributed by atoms with E-state index in [1.807, 2.05) is 11.8 Å². The van der Waals surface area contributed by atoms with Crippen molar-refractivity contribution in [1.29, 1.82) is 0 Å². The van der Waals surface area contributed by atoms with Crippen molar-refractivity contribution in [3.05, 3.63) is 58.3 Å². The molecule has 98 valence electrons. The molecule has 1 saturated heterocycles. The Morgan fingerprint density at radius 2 is 2.11 bits per heavy atom. The summed E-state index contributed by atoms with van der Waals surface area (Å²) in [6, 6.07) is 13.2. The number of hydrogen-bond donors (Lipinski definition) is 1. The molecule has 1 N–H and O–H groups in total. The molecule has 0 amide bonds. The number of nitrogens with zero attached hydrogens (tertiary/aromatic N) is 1. The Balaban J connectivity index is 1.54. The van der Waals surface area contributed by atoms with E-state index in [9.17, 15) is 0 Å². The topological polar surface area (TPSA) is 24.4 Å². The van der Waals surface area contributed by atoms with Crippen molar-refractivity contribution in [2.24, 2.45) is 4.99 Å². The molecule has 2 heterocycles. The van der Waals surface area contributed by atoms with Gasteiger partial charge in [-0.05, 0) is 34.4 Å². The molecule has 2 nitrogen and oxygen atoms in total. The number of benzene rings is 1. The first-order valence-corrected chi connectivity index (χ1v) is 8.34. The van der Waals surface area contributed by atoms with E-state index in [-0.39, 0.29) is 0 Å². The fraction of sp³-hybridized carbons (Fsp3) is 0.267. The number of rotatable bonds is 4. The van der Waals surface area contributed by atoms with Crippen LogP contribution in [0.4, 0.5) is 0 Å². The van der Waals surface area contributed by atoms with Gasteiger partial charge in [-0.1, -0.05) is 42.1 Å². The molecule has 2 aromatic rings. The van der Waals surface area contributed by atoms with Gasteiger partial charge in [0, 0.05) is 12.3 Å². The standard InChI is InChI=1S/C15H16N2S2/c1-2-4-13(5-3-1)14-11-19-15(17-14)16-8-6-12-7-9-18-10-12/h1-5,7,9-10,14H,6,8,11H2,(H,16,17). The molecule has 0 aliphatic carbocycles. The molecule has 0 spiro atoms. The molecule has 0 radical (unpaired) electrons. The SMILES string of the molecule is c1ccc(C2CSC(=NCCc3ccsc3)N2)cc1. The van der Waals surface area contributed by atoms with Crippen LogP contribution in [0.15, 0.2) is 52.2 Å². The van der Waals surface area contributed by atoms with Crippen molar-refractivity contribution in [1.82, 2.24) is 5.32 Å². The van der Waals surface area contributed by atoms with Gasteiger partial charge in [0.15, 0.2) is 5.17 Å². The van der Waals surface area contributed by atoms with Gasteiger partial charge in [0.05, 0.1) is 6.04 Å². The number of thiophene rings is 1. The zero-order valence-corrected chi connectivity index (χ0v) is 12.2. The van der Waals surface area contributed by atoms with E-state index in [0.29, 0.717) is 6.04 Å². The average molecular weight is 288 g/mol. The highest BCUT2D eigenvalue weighted by Gasteiger charge is 2.21. The first kappa shape index (κ1) is 12.8. The van der Waals surface area contributed by atoms with Gasteiger partial charge in [-0.15, -0.1) is 0 Å². The van der Waals surface area contributed by atoms with Crippen LogP contribution < -0.4 is 5.32 Å². The Kier molecular flexibility index (Phi) is 4.20. The lowest BCUT2D eigenvalue weighted by atomic mass is 10.1. The maximum Gasteiger partial charge on any atom is 0.157 e. The fourth-order valence-corrected chi connectivity index (χ4v) is 3.78. The van der Waals surface area contributed by atoms with E-state index in [4.69, 9.17) is 0 Å². The molecule has 1 unspecified atom stereocenters. The van der Waals surface area contributed by atoms with Crippen LogP contribution >= 0.6 is 23.1 Å². The third kappa shape index (κ3) is 3.39. The van der Waals surface area contributed by atoms with Gasteiger partial charge in [-0.3, -0.25) is 4.99 Å². The Bertz CT molecular complexity index is 535. The smallest absolute Gasteiger partial charge is 0.157 e.